The third-order valence-corrected chi connectivity index (χ3v) is 6.16. The Morgan fingerprint density at radius 1 is 1.28 bits per heavy atom. The van der Waals surface area contributed by atoms with Crippen LogP contribution in [-0.2, 0) is 14.3 Å². The van der Waals surface area contributed by atoms with E-state index in [0.29, 0.717) is 18.3 Å². The second-order valence-electron chi connectivity index (χ2n) is 8.26. The average Bonchev–Trinajstić information content (AvgIpc) is 2.90. The standard InChI is InChI=1S/C24H28BrClN6O7/c1-3-39-21(35)8-17(15-4-12(26)5-16(25)22(15)36)31-20(34)11-27-23(37)18-6-14(38-2)7-19(30-18)32-24-28-9-13(33)10-29-24/h4-7,13,17,33,36H,3,8-11H2,1-2H3,(H,27,37)(H,31,34)(H2,28,29,30,32). The van der Waals surface area contributed by atoms with Crippen molar-refractivity contribution in [3.63, 3.8) is 0 Å². The molecule has 2 unspecified atom stereocenters. The molecule has 1 aliphatic heterocycles. The first-order valence-corrected chi connectivity index (χ1v) is 13.0. The third-order valence-electron chi connectivity index (χ3n) is 5.33. The van der Waals surface area contributed by atoms with Gasteiger partial charge in [0.2, 0.25) is 5.91 Å². The van der Waals surface area contributed by atoms with Gasteiger partial charge in [-0.3, -0.25) is 19.4 Å². The number of pyridine rings is 1. The lowest BCUT2D eigenvalue weighted by Crippen LogP contribution is -2.42. The molecule has 0 aliphatic carbocycles. The highest BCUT2D eigenvalue weighted by atomic mass is 79.9. The molecule has 15 heteroatoms. The van der Waals surface area contributed by atoms with Crippen molar-refractivity contribution in [1.29, 1.82) is 0 Å². The lowest BCUT2D eigenvalue weighted by molar-refractivity contribution is -0.143. The van der Waals surface area contributed by atoms with E-state index in [1.165, 1.54) is 25.3 Å². The molecule has 3 rings (SSSR count). The fourth-order valence-electron chi connectivity index (χ4n) is 3.51. The molecule has 0 bridgehead atoms. The number of aromatic nitrogens is 1. The number of β-amino-alcohol motifs (C(OH)–C–C–N with tert-alkyl or cyclic N) is 1. The van der Waals surface area contributed by atoms with Crippen molar-refractivity contribution < 1.29 is 34.1 Å². The number of esters is 1. The second-order valence-corrected chi connectivity index (χ2v) is 9.55. The van der Waals surface area contributed by atoms with Crippen LogP contribution in [0.4, 0.5) is 5.82 Å². The minimum Gasteiger partial charge on any atom is -0.506 e. The maximum absolute atomic E-state index is 12.8. The Morgan fingerprint density at radius 3 is 2.72 bits per heavy atom. The van der Waals surface area contributed by atoms with Gasteiger partial charge in [0.1, 0.15) is 23.0 Å². The number of aromatic hydroxyl groups is 1. The number of phenols is 1. The molecule has 6 N–H and O–H groups in total. The number of aliphatic hydroxyl groups excluding tert-OH is 1. The number of nitrogens with zero attached hydrogens (tertiary/aromatic N) is 2. The predicted octanol–water partition coefficient (Wildman–Crippen LogP) is 1.48. The van der Waals surface area contributed by atoms with Crippen molar-refractivity contribution in [1.82, 2.24) is 20.9 Å². The fourth-order valence-corrected chi connectivity index (χ4v) is 4.35. The highest BCUT2D eigenvalue weighted by Crippen LogP contribution is 2.36. The van der Waals surface area contributed by atoms with Gasteiger partial charge >= 0.3 is 5.97 Å². The molecule has 13 nitrogen and oxygen atoms in total. The summed E-state index contributed by atoms with van der Waals surface area (Å²) in [6.45, 7) is 1.83. The quantitative estimate of drug-likeness (QED) is 0.211. The van der Waals surface area contributed by atoms with E-state index in [-0.39, 0.29) is 51.9 Å². The van der Waals surface area contributed by atoms with Gasteiger partial charge in [0.05, 0.1) is 49.8 Å². The van der Waals surface area contributed by atoms with E-state index in [4.69, 9.17) is 21.1 Å². The highest BCUT2D eigenvalue weighted by molar-refractivity contribution is 9.10. The zero-order valence-electron chi connectivity index (χ0n) is 21.1. The van der Waals surface area contributed by atoms with E-state index >= 15 is 0 Å². The molecule has 0 radical (unpaired) electrons. The minimum absolute atomic E-state index is 0.0411. The Bertz CT molecular complexity index is 1260. The van der Waals surface area contributed by atoms with Crippen LogP contribution in [0.15, 0.2) is 33.7 Å². The molecule has 0 fully saturated rings. The van der Waals surface area contributed by atoms with Crippen LogP contribution < -0.4 is 26.0 Å². The SMILES string of the molecule is CCOC(=O)CC(NC(=O)CNC(=O)c1cc(OC)cc(NC2=NCC(O)CN2)n1)c1cc(Cl)cc(Br)c1O. The topological polar surface area (TPSA) is 183 Å². The van der Waals surface area contributed by atoms with E-state index in [0.717, 1.165) is 0 Å². The third kappa shape index (κ3) is 8.70. The number of phenolic OH excluding ortho intramolecular Hbond substituents is 1. The average molecular weight is 628 g/mol. The lowest BCUT2D eigenvalue weighted by atomic mass is 10.0. The van der Waals surface area contributed by atoms with Gasteiger partial charge in [-0.25, -0.2) is 4.98 Å². The summed E-state index contributed by atoms with van der Waals surface area (Å²) >= 11 is 9.29. The monoisotopic (exact) mass is 626 g/mol. The first-order chi connectivity index (χ1) is 18.6. The number of aliphatic hydroxyl groups is 1. The first-order valence-electron chi connectivity index (χ1n) is 11.8. The minimum atomic E-state index is -0.989. The summed E-state index contributed by atoms with van der Waals surface area (Å²) in [5.74, 6) is -1.17. The molecule has 0 saturated heterocycles. The summed E-state index contributed by atoms with van der Waals surface area (Å²) in [6.07, 6.45) is -0.877. The number of amides is 2. The molecule has 2 heterocycles. The lowest BCUT2D eigenvalue weighted by Gasteiger charge is -2.21. The summed E-state index contributed by atoms with van der Waals surface area (Å²) in [7, 11) is 1.42. The molecular weight excluding hydrogens is 600 g/mol. The smallest absolute Gasteiger partial charge is 0.308 e. The van der Waals surface area contributed by atoms with Gasteiger partial charge in [-0.2, -0.15) is 0 Å². The van der Waals surface area contributed by atoms with Gasteiger partial charge < -0.3 is 41.0 Å². The first kappa shape index (κ1) is 29.9. The Labute approximate surface area is 237 Å². The molecule has 210 valence electrons. The van der Waals surface area contributed by atoms with Crippen molar-refractivity contribution >= 4 is 57.1 Å². The summed E-state index contributed by atoms with van der Waals surface area (Å²) in [5, 5.41) is 31.2. The van der Waals surface area contributed by atoms with Crippen LogP contribution in [-0.4, -0.2) is 78.4 Å². The number of methoxy groups -OCH3 is 1. The van der Waals surface area contributed by atoms with Gasteiger partial charge in [0.25, 0.3) is 5.91 Å². The number of guanidine groups is 1. The molecule has 2 amide bonds. The van der Waals surface area contributed by atoms with E-state index in [2.05, 4.69) is 47.2 Å². The molecule has 1 aromatic heterocycles. The molecule has 2 aromatic rings. The molecule has 0 spiro atoms. The molecule has 39 heavy (non-hydrogen) atoms. The number of carbonyl (C=O) groups is 3. The maximum atomic E-state index is 12.8. The fraction of sp³-hybridized carbons (Fsp3) is 0.375. The number of hydrogen-bond donors (Lipinski definition) is 6. The van der Waals surface area contributed by atoms with E-state index in [1.807, 2.05) is 0 Å². The Kier molecular flexibility index (Phi) is 10.7. The number of aliphatic imine (C=N–C) groups is 1. The number of ether oxygens (including phenoxy) is 2. The van der Waals surface area contributed by atoms with Crippen molar-refractivity contribution in [3.05, 3.63) is 45.0 Å². The van der Waals surface area contributed by atoms with Crippen LogP contribution in [0.5, 0.6) is 11.5 Å². The normalized spacial score (nSPS) is 15.3. The Hall–Kier alpha value is -3.62. The number of nitrogens with one attached hydrogen (secondary N) is 4. The summed E-state index contributed by atoms with van der Waals surface area (Å²) < 4.78 is 10.5. The van der Waals surface area contributed by atoms with Crippen LogP contribution >= 0.6 is 27.5 Å². The number of anilines is 1. The van der Waals surface area contributed by atoms with Crippen LogP contribution in [0.3, 0.4) is 0 Å². The van der Waals surface area contributed by atoms with Gasteiger partial charge in [-0.1, -0.05) is 11.6 Å². The van der Waals surface area contributed by atoms with Crippen molar-refractivity contribution in [2.75, 3.05) is 38.7 Å². The van der Waals surface area contributed by atoms with Gasteiger partial charge in [0.15, 0.2) is 5.96 Å². The predicted molar refractivity (Wildman–Crippen MR) is 146 cm³/mol. The molecule has 0 saturated carbocycles. The number of hydrogen-bond acceptors (Lipinski definition) is 11. The van der Waals surface area contributed by atoms with Crippen LogP contribution in [0.25, 0.3) is 0 Å². The zero-order chi connectivity index (χ0) is 28.5. The van der Waals surface area contributed by atoms with E-state index in [9.17, 15) is 24.6 Å². The molecule has 2 atom stereocenters. The highest BCUT2D eigenvalue weighted by Gasteiger charge is 2.24. The van der Waals surface area contributed by atoms with Crippen molar-refractivity contribution in [3.8, 4) is 11.5 Å². The number of carbonyl (C=O) groups excluding carboxylic acids is 3. The van der Waals surface area contributed by atoms with Gasteiger partial charge in [-0.15, -0.1) is 0 Å². The molecular formula is C24H28BrClN6O7. The van der Waals surface area contributed by atoms with E-state index < -0.39 is 36.5 Å². The number of rotatable bonds is 10. The van der Waals surface area contributed by atoms with Crippen LogP contribution in [0.2, 0.25) is 5.02 Å². The summed E-state index contributed by atoms with van der Waals surface area (Å²) in [4.78, 5) is 46.1. The van der Waals surface area contributed by atoms with Crippen molar-refractivity contribution in [2.24, 2.45) is 4.99 Å². The van der Waals surface area contributed by atoms with Gasteiger partial charge in [0, 0.05) is 29.3 Å². The molecule has 1 aromatic carbocycles. The number of benzene rings is 1. The second kappa shape index (κ2) is 14.0. The van der Waals surface area contributed by atoms with E-state index in [1.54, 1.807) is 13.0 Å². The molecule has 1 aliphatic rings. The van der Waals surface area contributed by atoms with Crippen molar-refractivity contribution in [2.45, 2.75) is 25.5 Å². The maximum Gasteiger partial charge on any atom is 0.308 e. The summed E-state index contributed by atoms with van der Waals surface area (Å²) in [6, 6.07) is 4.84. The number of halogens is 2. The Balaban J connectivity index is 1.70. The zero-order valence-corrected chi connectivity index (χ0v) is 23.4. The summed E-state index contributed by atoms with van der Waals surface area (Å²) in [5.41, 5.74) is 0.152. The van der Waals surface area contributed by atoms with Crippen LogP contribution in [0.1, 0.15) is 35.4 Å². The van der Waals surface area contributed by atoms with Gasteiger partial charge in [-0.05, 0) is 35.0 Å². The largest absolute Gasteiger partial charge is 0.506 e. The Morgan fingerprint density at radius 2 is 2.05 bits per heavy atom. The van der Waals surface area contributed by atoms with Crippen LogP contribution in [0, 0.1) is 0 Å².